The van der Waals surface area contributed by atoms with Crippen LogP contribution >= 0.6 is 11.6 Å². The summed E-state index contributed by atoms with van der Waals surface area (Å²) >= 11 is 6.54. The van der Waals surface area contributed by atoms with Gasteiger partial charge in [0, 0.05) is 5.56 Å². The largest absolute Gasteiger partial charge is 0.456 e. The summed E-state index contributed by atoms with van der Waals surface area (Å²) in [6, 6.07) is 20.4. The molecular formula is C24H20ClN3O4. The standard InChI is InChI=1S/C24H20ClN3O4/c25-16-10-17-23(28-24(26-17)32-19-12-31-21-18(29)11-30-22(19)21)27-20(16)15-8-6-14(7-9-15)13-4-2-1-3-5-13/h1-10,18-19,21-22,29H,11-12H2,(H,26,27,28)/t18-,19-,21-,22-/m0/s1. The third-order valence-corrected chi connectivity index (χ3v) is 6.20. The first-order valence-electron chi connectivity index (χ1n) is 10.5. The Kier molecular flexibility index (Phi) is 4.84. The molecule has 0 amide bonds. The number of nitrogens with one attached hydrogen (secondary N) is 1. The van der Waals surface area contributed by atoms with Crippen molar-refractivity contribution in [2.24, 2.45) is 0 Å². The van der Waals surface area contributed by atoms with Crippen molar-refractivity contribution in [3.05, 3.63) is 65.7 Å². The highest BCUT2D eigenvalue weighted by Gasteiger charge is 2.48. The molecule has 32 heavy (non-hydrogen) atoms. The van der Waals surface area contributed by atoms with E-state index in [-0.39, 0.29) is 24.9 Å². The van der Waals surface area contributed by atoms with Crippen LogP contribution in [0.5, 0.6) is 6.01 Å². The van der Waals surface area contributed by atoms with Crippen molar-refractivity contribution in [1.29, 1.82) is 0 Å². The van der Waals surface area contributed by atoms with Gasteiger partial charge in [0.15, 0.2) is 11.8 Å². The Morgan fingerprint density at radius 3 is 2.44 bits per heavy atom. The van der Waals surface area contributed by atoms with E-state index in [0.29, 0.717) is 34.5 Å². The number of H-pyrrole nitrogens is 1. The minimum atomic E-state index is -0.624. The summed E-state index contributed by atoms with van der Waals surface area (Å²) in [6.07, 6.45) is -1.64. The Hall–Kier alpha value is -2.97. The molecule has 2 aliphatic heterocycles. The molecular weight excluding hydrogens is 430 g/mol. The second kappa shape index (κ2) is 7.86. The highest BCUT2D eigenvalue weighted by Crippen LogP contribution is 2.33. The fourth-order valence-electron chi connectivity index (χ4n) is 4.29. The van der Waals surface area contributed by atoms with E-state index in [1.165, 1.54) is 0 Å². The van der Waals surface area contributed by atoms with Crippen molar-refractivity contribution in [2.45, 2.75) is 24.4 Å². The van der Waals surface area contributed by atoms with Crippen LogP contribution in [-0.2, 0) is 9.47 Å². The van der Waals surface area contributed by atoms with Crippen molar-refractivity contribution in [3.63, 3.8) is 0 Å². The zero-order valence-electron chi connectivity index (χ0n) is 16.9. The molecule has 2 saturated heterocycles. The van der Waals surface area contributed by atoms with E-state index >= 15 is 0 Å². The minimum Gasteiger partial charge on any atom is -0.456 e. The number of rotatable bonds is 4. The van der Waals surface area contributed by atoms with Gasteiger partial charge >= 0.3 is 0 Å². The summed E-state index contributed by atoms with van der Waals surface area (Å²) in [6.45, 7) is 0.579. The van der Waals surface area contributed by atoms with Crippen LogP contribution in [0.15, 0.2) is 60.7 Å². The number of nitrogens with zero attached hydrogens (tertiary/aromatic N) is 2. The Balaban J connectivity index is 1.26. The van der Waals surface area contributed by atoms with Crippen molar-refractivity contribution < 1.29 is 19.3 Å². The average molecular weight is 450 g/mol. The number of aromatic nitrogens is 3. The van der Waals surface area contributed by atoms with Gasteiger partial charge in [0.1, 0.15) is 18.3 Å². The number of hydrogen-bond donors (Lipinski definition) is 2. The van der Waals surface area contributed by atoms with Crippen LogP contribution in [0.1, 0.15) is 0 Å². The van der Waals surface area contributed by atoms with E-state index in [1.807, 2.05) is 30.3 Å². The van der Waals surface area contributed by atoms with Gasteiger partial charge in [0.2, 0.25) is 0 Å². The van der Waals surface area contributed by atoms with Gasteiger partial charge in [0.25, 0.3) is 6.01 Å². The number of hydrogen-bond acceptors (Lipinski definition) is 6. The Labute approximate surface area is 188 Å². The van der Waals surface area contributed by atoms with Gasteiger partial charge in [-0.15, -0.1) is 0 Å². The maximum atomic E-state index is 9.90. The average Bonchev–Trinajstić information content (AvgIpc) is 3.51. The quantitative estimate of drug-likeness (QED) is 0.492. The first kappa shape index (κ1) is 19.7. The maximum absolute atomic E-state index is 9.90. The van der Waals surface area contributed by atoms with Gasteiger partial charge in [-0.1, -0.05) is 66.2 Å². The number of aliphatic hydroxyl groups is 1. The van der Waals surface area contributed by atoms with Crippen LogP contribution in [0.3, 0.4) is 0 Å². The second-order valence-electron chi connectivity index (χ2n) is 7.99. The molecule has 7 nitrogen and oxygen atoms in total. The third kappa shape index (κ3) is 3.43. The maximum Gasteiger partial charge on any atom is 0.296 e. The number of imidazole rings is 1. The normalized spacial score (nSPS) is 24.7. The van der Waals surface area contributed by atoms with Gasteiger partial charge in [-0.25, -0.2) is 4.98 Å². The van der Waals surface area contributed by atoms with E-state index in [0.717, 1.165) is 16.7 Å². The van der Waals surface area contributed by atoms with Crippen LogP contribution < -0.4 is 4.74 Å². The van der Waals surface area contributed by atoms with Crippen LogP contribution in [0, 0.1) is 0 Å². The molecule has 162 valence electrons. The Bertz CT molecular complexity index is 1260. The summed E-state index contributed by atoms with van der Waals surface area (Å²) in [5.74, 6) is 0. The molecule has 2 aliphatic rings. The Morgan fingerprint density at radius 1 is 0.906 bits per heavy atom. The highest BCUT2D eigenvalue weighted by atomic mass is 35.5. The SMILES string of the molecule is O[C@H]1CO[C@@H]2[C@H]1OC[C@@H]2Oc1nc2nc(-c3ccc(-c4ccccc4)cc3)c(Cl)cc2[nH]1. The van der Waals surface area contributed by atoms with E-state index in [1.54, 1.807) is 6.07 Å². The molecule has 2 aromatic carbocycles. The molecule has 0 spiro atoms. The number of halogens is 1. The van der Waals surface area contributed by atoms with Gasteiger partial charge in [0.05, 0.1) is 29.4 Å². The van der Waals surface area contributed by atoms with Crippen molar-refractivity contribution in [3.8, 4) is 28.4 Å². The molecule has 0 radical (unpaired) electrons. The summed E-state index contributed by atoms with van der Waals surface area (Å²) < 4.78 is 17.2. The summed E-state index contributed by atoms with van der Waals surface area (Å²) in [4.78, 5) is 12.3. The lowest BCUT2D eigenvalue weighted by Crippen LogP contribution is -2.34. The van der Waals surface area contributed by atoms with E-state index in [2.05, 4.69) is 39.2 Å². The topological polar surface area (TPSA) is 89.5 Å². The molecule has 0 unspecified atom stereocenters. The summed E-state index contributed by atoms with van der Waals surface area (Å²) in [5.41, 5.74) is 5.02. The number of ether oxygens (including phenoxy) is 3. The zero-order chi connectivity index (χ0) is 21.7. The molecule has 4 atom stereocenters. The predicted octanol–water partition coefficient (Wildman–Crippen LogP) is 3.85. The Morgan fingerprint density at radius 2 is 1.62 bits per heavy atom. The lowest BCUT2D eigenvalue weighted by atomic mass is 10.0. The molecule has 6 rings (SSSR count). The number of aromatic amines is 1. The van der Waals surface area contributed by atoms with Crippen molar-refractivity contribution in [2.75, 3.05) is 13.2 Å². The first-order chi connectivity index (χ1) is 15.7. The van der Waals surface area contributed by atoms with E-state index in [4.69, 9.17) is 25.8 Å². The summed E-state index contributed by atoms with van der Waals surface area (Å²) in [7, 11) is 0. The summed E-state index contributed by atoms with van der Waals surface area (Å²) in [5, 5.41) is 10.4. The van der Waals surface area contributed by atoms with Gasteiger partial charge in [-0.3, -0.25) is 0 Å². The minimum absolute atomic E-state index is 0.249. The molecule has 0 aliphatic carbocycles. The molecule has 0 saturated carbocycles. The second-order valence-corrected chi connectivity index (χ2v) is 8.40. The zero-order valence-corrected chi connectivity index (χ0v) is 17.7. The van der Waals surface area contributed by atoms with Crippen molar-refractivity contribution >= 4 is 22.8 Å². The van der Waals surface area contributed by atoms with Crippen LogP contribution in [0.4, 0.5) is 0 Å². The van der Waals surface area contributed by atoms with Gasteiger partial charge in [-0.2, -0.15) is 4.98 Å². The number of pyridine rings is 1. The molecule has 4 aromatic rings. The highest BCUT2D eigenvalue weighted by molar-refractivity contribution is 6.33. The lowest BCUT2D eigenvalue weighted by Gasteiger charge is -2.15. The lowest BCUT2D eigenvalue weighted by molar-refractivity contribution is 0.00706. The van der Waals surface area contributed by atoms with Crippen LogP contribution in [-0.4, -0.2) is 57.7 Å². The van der Waals surface area contributed by atoms with E-state index < -0.39 is 6.10 Å². The van der Waals surface area contributed by atoms with Crippen molar-refractivity contribution in [1.82, 2.24) is 15.0 Å². The fourth-order valence-corrected chi connectivity index (χ4v) is 4.55. The third-order valence-electron chi connectivity index (χ3n) is 5.92. The first-order valence-corrected chi connectivity index (χ1v) is 10.8. The molecule has 4 heterocycles. The number of fused-ring (bicyclic) bond motifs is 2. The van der Waals surface area contributed by atoms with Gasteiger partial charge in [-0.05, 0) is 17.2 Å². The predicted molar refractivity (Wildman–Crippen MR) is 120 cm³/mol. The fraction of sp³-hybridized carbons (Fsp3) is 0.250. The molecule has 8 heteroatoms. The smallest absolute Gasteiger partial charge is 0.296 e. The monoisotopic (exact) mass is 449 g/mol. The van der Waals surface area contributed by atoms with Crippen LogP contribution in [0.2, 0.25) is 5.02 Å². The van der Waals surface area contributed by atoms with E-state index in [9.17, 15) is 5.11 Å². The van der Waals surface area contributed by atoms with Crippen LogP contribution in [0.25, 0.3) is 33.5 Å². The molecule has 0 bridgehead atoms. The number of aliphatic hydroxyl groups excluding tert-OH is 1. The molecule has 2 N–H and O–H groups in total. The number of benzene rings is 2. The molecule has 2 fully saturated rings. The molecule has 2 aromatic heterocycles. The van der Waals surface area contributed by atoms with Gasteiger partial charge < -0.3 is 24.3 Å².